The van der Waals surface area contributed by atoms with Gasteiger partial charge >= 0.3 is 0 Å². The zero-order chi connectivity index (χ0) is 7.02. The summed E-state index contributed by atoms with van der Waals surface area (Å²) in [5.41, 5.74) is 0. The summed E-state index contributed by atoms with van der Waals surface area (Å²) in [4.78, 5) is 0. The van der Waals surface area contributed by atoms with Crippen LogP contribution in [0.15, 0.2) is 7.28 Å². The summed E-state index contributed by atoms with van der Waals surface area (Å²) in [6.45, 7) is 0. The first-order valence-corrected chi connectivity index (χ1v) is 6.87. The van der Waals surface area contributed by atoms with Gasteiger partial charge in [0.05, 0.1) is 11.7 Å². The third kappa shape index (κ3) is 2.20. The Labute approximate surface area is 109 Å². The molecule has 1 nitrogen and oxygen atoms in total. The van der Waals surface area contributed by atoms with Gasteiger partial charge in [-0.05, 0) is 45.2 Å². The fourth-order valence-electron chi connectivity index (χ4n) is 0.513. The van der Waals surface area contributed by atoms with E-state index in [2.05, 4.69) is 95.7 Å². The minimum absolute atomic E-state index is 0.585. The lowest BCUT2D eigenvalue weighted by molar-refractivity contribution is 0.904. The third-order valence-electron chi connectivity index (χ3n) is 0.973. The Hall–Kier alpha value is 2.46. The Balaban J connectivity index is 2.74. The lowest BCUT2D eigenvalue weighted by Crippen LogP contribution is -2.19. The molecule has 0 spiro atoms. The summed E-state index contributed by atoms with van der Waals surface area (Å²) in [6.07, 6.45) is 0. The van der Waals surface area contributed by atoms with Gasteiger partial charge in [0.15, 0.2) is 0 Å². The fraction of sp³-hybridized carbons (Fsp3) is 0.500. The van der Waals surface area contributed by atoms with Crippen molar-refractivity contribution in [3.63, 3.8) is 0 Å². The van der Waals surface area contributed by atoms with Crippen molar-refractivity contribution in [1.82, 2.24) is 5.32 Å². The Kier molecular flexibility index (Phi) is 4.15. The monoisotopic (exact) mass is 573 g/mol. The van der Waals surface area contributed by atoms with Gasteiger partial charge in [0.2, 0.25) is 0 Å². The molecular formula is C4H3I4N. The number of hydrogen-bond acceptors (Lipinski definition) is 1. The first-order chi connectivity index (χ1) is 4.13. The first kappa shape index (κ1) is 9.55. The summed E-state index contributed by atoms with van der Waals surface area (Å²) in [6, 6.07) is 0. The van der Waals surface area contributed by atoms with E-state index >= 15 is 0 Å². The van der Waals surface area contributed by atoms with E-state index in [1.54, 1.807) is 0 Å². The number of alkyl halides is 2. The van der Waals surface area contributed by atoms with Crippen LogP contribution in [0.2, 0.25) is 0 Å². The molecule has 5 heteroatoms. The molecule has 1 N–H and O–H groups in total. The van der Waals surface area contributed by atoms with Gasteiger partial charge in [0, 0.05) is 3.58 Å². The molecule has 0 fully saturated rings. The summed E-state index contributed by atoms with van der Waals surface area (Å²) in [5, 5.41) is 3.35. The average Bonchev–Trinajstić information content (AvgIpc) is 1.98. The standard InChI is InChI=1S/C4H3I4N/c5-1-2(6)4(8)9-3(1)7/h1,3,9H. The van der Waals surface area contributed by atoms with Crippen molar-refractivity contribution in [3.8, 4) is 0 Å². The molecule has 9 heavy (non-hydrogen) atoms. The predicted molar refractivity (Wildman–Crippen MR) is 73.8 cm³/mol. The van der Waals surface area contributed by atoms with Crippen molar-refractivity contribution >= 4 is 90.4 Å². The first-order valence-electron chi connectivity index (χ1n) is 2.23. The molecule has 0 saturated heterocycles. The van der Waals surface area contributed by atoms with Gasteiger partial charge in [-0.3, -0.25) is 0 Å². The van der Waals surface area contributed by atoms with Crippen LogP contribution in [0, 0.1) is 0 Å². The molecule has 0 aliphatic carbocycles. The van der Waals surface area contributed by atoms with Crippen molar-refractivity contribution in [3.05, 3.63) is 7.28 Å². The Morgan fingerprint density at radius 3 is 1.89 bits per heavy atom. The second kappa shape index (κ2) is 3.92. The molecule has 0 aromatic heterocycles. The van der Waals surface area contributed by atoms with Gasteiger partial charge in [-0.1, -0.05) is 45.2 Å². The highest BCUT2D eigenvalue weighted by molar-refractivity contribution is 14.1. The van der Waals surface area contributed by atoms with E-state index in [0.29, 0.717) is 7.97 Å². The minimum atomic E-state index is 0.585. The van der Waals surface area contributed by atoms with Crippen molar-refractivity contribution in [2.24, 2.45) is 0 Å². The minimum Gasteiger partial charge on any atom is -0.367 e. The molecule has 1 rings (SSSR count). The fourth-order valence-corrected chi connectivity index (χ4v) is 4.74. The van der Waals surface area contributed by atoms with Crippen molar-refractivity contribution in [2.45, 2.75) is 7.97 Å². The van der Waals surface area contributed by atoms with Crippen LogP contribution in [0.25, 0.3) is 0 Å². The number of rotatable bonds is 0. The van der Waals surface area contributed by atoms with Gasteiger partial charge in [-0.2, -0.15) is 0 Å². The van der Waals surface area contributed by atoms with E-state index in [-0.39, 0.29) is 0 Å². The smallest absolute Gasteiger partial charge is 0.0950 e. The van der Waals surface area contributed by atoms with E-state index in [1.165, 1.54) is 7.28 Å². The van der Waals surface area contributed by atoms with Crippen LogP contribution in [-0.2, 0) is 0 Å². The normalized spacial score (nSPS) is 35.1. The van der Waals surface area contributed by atoms with Gasteiger partial charge in [0.1, 0.15) is 0 Å². The molecule has 52 valence electrons. The molecule has 2 atom stereocenters. The van der Waals surface area contributed by atoms with E-state index in [1.807, 2.05) is 0 Å². The molecule has 0 bridgehead atoms. The van der Waals surface area contributed by atoms with Crippen LogP contribution in [0.1, 0.15) is 0 Å². The molecule has 2 unspecified atom stereocenters. The topological polar surface area (TPSA) is 12.0 Å². The van der Waals surface area contributed by atoms with Crippen molar-refractivity contribution in [1.29, 1.82) is 0 Å². The second-order valence-electron chi connectivity index (χ2n) is 1.61. The lowest BCUT2D eigenvalue weighted by Gasteiger charge is -2.05. The van der Waals surface area contributed by atoms with Gasteiger partial charge < -0.3 is 5.32 Å². The molecule has 0 aromatic rings. The van der Waals surface area contributed by atoms with E-state index in [0.717, 1.165) is 0 Å². The van der Waals surface area contributed by atoms with Crippen LogP contribution >= 0.6 is 90.4 Å². The van der Waals surface area contributed by atoms with Gasteiger partial charge in [-0.15, -0.1) is 0 Å². The van der Waals surface area contributed by atoms with Gasteiger partial charge in [-0.25, -0.2) is 0 Å². The molecule has 1 aliphatic rings. The highest BCUT2D eigenvalue weighted by atomic mass is 127. The SMILES string of the molecule is IC1=C(I)C(I)C(I)N1. The number of hydrogen-bond donors (Lipinski definition) is 1. The van der Waals surface area contributed by atoms with E-state index < -0.39 is 0 Å². The summed E-state index contributed by atoms with van der Waals surface area (Å²) < 4.78 is 4.01. The van der Waals surface area contributed by atoms with Crippen molar-refractivity contribution < 1.29 is 0 Å². The maximum absolute atomic E-state index is 3.35. The third-order valence-corrected chi connectivity index (χ3v) is 9.05. The molecule has 0 aromatic carbocycles. The highest BCUT2D eigenvalue weighted by Crippen LogP contribution is 2.36. The zero-order valence-electron chi connectivity index (χ0n) is 4.17. The summed E-state index contributed by atoms with van der Waals surface area (Å²) in [5.74, 6) is 0. The number of nitrogens with one attached hydrogen (secondary N) is 1. The van der Waals surface area contributed by atoms with Crippen molar-refractivity contribution in [2.75, 3.05) is 0 Å². The van der Waals surface area contributed by atoms with Crippen LogP contribution in [0.3, 0.4) is 0 Å². The average molecular weight is 573 g/mol. The quantitative estimate of drug-likeness (QED) is 0.267. The van der Waals surface area contributed by atoms with E-state index in [4.69, 9.17) is 0 Å². The van der Waals surface area contributed by atoms with E-state index in [9.17, 15) is 0 Å². The molecule has 1 heterocycles. The summed E-state index contributed by atoms with van der Waals surface area (Å²) >= 11 is 9.61. The highest BCUT2D eigenvalue weighted by Gasteiger charge is 2.27. The zero-order valence-corrected chi connectivity index (χ0v) is 12.8. The molecule has 0 saturated carbocycles. The molecule has 1 aliphatic heterocycles. The van der Waals surface area contributed by atoms with Gasteiger partial charge in [0.25, 0.3) is 0 Å². The predicted octanol–water partition coefficient (Wildman–Crippen LogP) is 3.19. The maximum atomic E-state index is 3.35. The largest absolute Gasteiger partial charge is 0.367 e. The van der Waals surface area contributed by atoms with Crippen LogP contribution in [0.5, 0.6) is 0 Å². The number of halogens is 4. The Morgan fingerprint density at radius 2 is 1.78 bits per heavy atom. The summed E-state index contributed by atoms with van der Waals surface area (Å²) in [7, 11) is 0. The maximum Gasteiger partial charge on any atom is 0.0950 e. The lowest BCUT2D eigenvalue weighted by atomic mass is 10.5. The molecule has 0 amide bonds. The van der Waals surface area contributed by atoms with Crippen LogP contribution in [0.4, 0.5) is 0 Å². The Bertz CT molecular complexity index is 155. The molecular weight excluding hydrogens is 570 g/mol. The second-order valence-corrected chi connectivity index (χ2v) is 6.53. The van der Waals surface area contributed by atoms with Crippen LogP contribution in [-0.4, -0.2) is 7.97 Å². The van der Waals surface area contributed by atoms with Crippen LogP contribution < -0.4 is 5.32 Å². The molecule has 0 radical (unpaired) electrons. The Morgan fingerprint density at radius 1 is 1.22 bits per heavy atom.